The molecular weight excluding hydrogens is 228 g/mol. The SMILES string of the molecule is CC1COCCC1NCC(=O)N1CCCCCC1. The van der Waals surface area contributed by atoms with E-state index in [1.807, 2.05) is 4.90 Å². The molecule has 2 aliphatic heterocycles. The van der Waals surface area contributed by atoms with Crippen molar-refractivity contribution in [3.05, 3.63) is 0 Å². The Morgan fingerprint density at radius 1 is 1.28 bits per heavy atom. The molecule has 0 aromatic heterocycles. The summed E-state index contributed by atoms with van der Waals surface area (Å²) in [5, 5.41) is 3.42. The molecule has 1 amide bonds. The molecule has 2 rings (SSSR count). The maximum absolute atomic E-state index is 12.1. The molecule has 0 bridgehead atoms. The van der Waals surface area contributed by atoms with Gasteiger partial charge in [0.1, 0.15) is 0 Å². The number of nitrogens with one attached hydrogen (secondary N) is 1. The Hall–Kier alpha value is -0.610. The minimum Gasteiger partial charge on any atom is -0.381 e. The quantitative estimate of drug-likeness (QED) is 0.828. The molecule has 0 aliphatic carbocycles. The van der Waals surface area contributed by atoms with Gasteiger partial charge in [0.2, 0.25) is 5.91 Å². The number of rotatable bonds is 3. The van der Waals surface area contributed by atoms with E-state index in [2.05, 4.69) is 12.2 Å². The van der Waals surface area contributed by atoms with Crippen molar-refractivity contribution < 1.29 is 9.53 Å². The van der Waals surface area contributed by atoms with Gasteiger partial charge in [0, 0.05) is 25.7 Å². The number of amides is 1. The molecule has 0 aromatic carbocycles. The van der Waals surface area contributed by atoms with Gasteiger partial charge in [-0.2, -0.15) is 0 Å². The lowest BCUT2D eigenvalue weighted by molar-refractivity contribution is -0.130. The molecule has 4 heteroatoms. The summed E-state index contributed by atoms with van der Waals surface area (Å²) in [7, 11) is 0. The molecule has 0 spiro atoms. The Labute approximate surface area is 110 Å². The van der Waals surface area contributed by atoms with Crippen LogP contribution in [0.2, 0.25) is 0 Å². The second-order valence-corrected chi connectivity index (χ2v) is 5.62. The Balaban J connectivity index is 1.72. The minimum absolute atomic E-state index is 0.274. The smallest absolute Gasteiger partial charge is 0.236 e. The predicted octanol–water partition coefficient (Wildman–Crippen LogP) is 1.40. The largest absolute Gasteiger partial charge is 0.381 e. The molecule has 0 saturated carbocycles. The Kier molecular flexibility index (Phi) is 5.45. The van der Waals surface area contributed by atoms with Gasteiger partial charge in [-0.3, -0.25) is 4.79 Å². The Morgan fingerprint density at radius 2 is 2.00 bits per heavy atom. The van der Waals surface area contributed by atoms with Crippen LogP contribution in [0.1, 0.15) is 39.0 Å². The lowest BCUT2D eigenvalue weighted by Crippen LogP contribution is -2.47. The molecular formula is C14H26N2O2. The highest BCUT2D eigenvalue weighted by Crippen LogP contribution is 2.14. The molecule has 2 heterocycles. The minimum atomic E-state index is 0.274. The average Bonchev–Trinajstić information content (AvgIpc) is 2.66. The van der Waals surface area contributed by atoms with E-state index in [1.54, 1.807) is 0 Å². The third-order valence-corrected chi connectivity index (χ3v) is 4.12. The van der Waals surface area contributed by atoms with E-state index in [4.69, 9.17) is 4.74 Å². The summed E-state index contributed by atoms with van der Waals surface area (Å²) in [6.07, 6.45) is 5.90. The van der Waals surface area contributed by atoms with Crippen molar-refractivity contribution in [1.82, 2.24) is 10.2 Å². The van der Waals surface area contributed by atoms with Crippen LogP contribution in [0.25, 0.3) is 0 Å². The zero-order chi connectivity index (χ0) is 12.8. The van der Waals surface area contributed by atoms with Crippen molar-refractivity contribution in [2.45, 2.75) is 45.1 Å². The molecule has 0 radical (unpaired) electrons. The fraction of sp³-hybridized carbons (Fsp3) is 0.929. The second-order valence-electron chi connectivity index (χ2n) is 5.62. The van der Waals surface area contributed by atoms with Gasteiger partial charge in [-0.15, -0.1) is 0 Å². The summed E-state index contributed by atoms with van der Waals surface area (Å²) in [4.78, 5) is 14.2. The van der Waals surface area contributed by atoms with Crippen LogP contribution >= 0.6 is 0 Å². The number of hydrogen-bond acceptors (Lipinski definition) is 3. The van der Waals surface area contributed by atoms with E-state index >= 15 is 0 Å². The average molecular weight is 254 g/mol. The van der Waals surface area contributed by atoms with Gasteiger partial charge in [0.25, 0.3) is 0 Å². The van der Waals surface area contributed by atoms with Gasteiger partial charge < -0.3 is 15.0 Å². The summed E-state index contributed by atoms with van der Waals surface area (Å²) in [5.41, 5.74) is 0. The van der Waals surface area contributed by atoms with Crippen molar-refractivity contribution in [2.24, 2.45) is 5.92 Å². The standard InChI is InChI=1S/C14H26N2O2/c1-12-11-18-9-6-13(12)15-10-14(17)16-7-4-2-3-5-8-16/h12-13,15H,2-11H2,1H3. The molecule has 4 nitrogen and oxygen atoms in total. The fourth-order valence-corrected chi connectivity index (χ4v) is 2.83. The molecule has 2 fully saturated rings. The van der Waals surface area contributed by atoms with Gasteiger partial charge in [-0.1, -0.05) is 19.8 Å². The van der Waals surface area contributed by atoms with Crippen molar-refractivity contribution in [3.63, 3.8) is 0 Å². The van der Waals surface area contributed by atoms with Crippen LogP contribution in [0.4, 0.5) is 0 Å². The van der Waals surface area contributed by atoms with Gasteiger partial charge >= 0.3 is 0 Å². The van der Waals surface area contributed by atoms with Crippen LogP contribution in [0, 0.1) is 5.92 Å². The molecule has 104 valence electrons. The number of nitrogens with zero attached hydrogens (tertiary/aromatic N) is 1. The van der Waals surface area contributed by atoms with Gasteiger partial charge in [-0.25, -0.2) is 0 Å². The first kappa shape index (κ1) is 13.8. The van der Waals surface area contributed by atoms with Crippen molar-refractivity contribution in [1.29, 1.82) is 0 Å². The molecule has 1 N–H and O–H groups in total. The van der Waals surface area contributed by atoms with Crippen LogP contribution in [0.5, 0.6) is 0 Å². The topological polar surface area (TPSA) is 41.6 Å². The first-order valence-corrected chi connectivity index (χ1v) is 7.36. The molecule has 2 saturated heterocycles. The van der Waals surface area contributed by atoms with Crippen LogP contribution in [-0.2, 0) is 9.53 Å². The van der Waals surface area contributed by atoms with E-state index in [0.29, 0.717) is 18.5 Å². The van der Waals surface area contributed by atoms with Crippen LogP contribution < -0.4 is 5.32 Å². The fourth-order valence-electron chi connectivity index (χ4n) is 2.83. The first-order chi connectivity index (χ1) is 8.77. The Bertz CT molecular complexity index is 263. The zero-order valence-electron chi connectivity index (χ0n) is 11.5. The van der Waals surface area contributed by atoms with E-state index in [0.717, 1.165) is 32.7 Å². The third kappa shape index (κ3) is 3.95. The van der Waals surface area contributed by atoms with Crippen molar-refractivity contribution >= 4 is 5.91 Å². The maximum atomic E-state index is 12.1. The second kappa shape index (κ2) is 7.10. The highest BCUT2D eigenvalue weighted by atomic mass is 16.5. The summed E-state index contributed by atoms with van der Waals surface area (Å²) in [6, 6.07) is 0.440. The monoisotopic (exact) mass is 254 g/mol. The summed E-state index contributed by atoms with van der Waals surface area (Å²) in [6.45, 7) is 6.21. The lowest BCUT2D eigenvalue weighted by atomic mass is 9.98. The number of ether oxygens (including phenoxy) is 1. The van der Waals surface area contributed by atoms with E-state index < -0.39 is 0 Å². The van der Waals surface area contributed by atoms with Crippen molar-refractivity contribution in [2.75, 3.05) is 32.8 Å². The summed E-state index contributed by atoms with van der Waals surface area (Å²) < 4.78 is 5.42. The summed E-state index contributed by atoms with van der Waals surface area (Å²) in [5.74, 6) is 0.784. The molecule has 18 heavy (non-hydrogen) atoms. The zero-order valence-corrected chi connectivity index (χ0v) is 11.5. The van der Waals surface area contributed by atoms with E-state index in [9.17, 15) is 4.79 Å². The van der Waals surface area contributed by atoms with Crippen LogP contribution in [0.15, 0.2) is 0 Å². The number of hydrogen-bond donors (Lipinski definition) is 1. The number of carbonyl (C=O) groups excluding carboxylic acids is 1. The van der Waals surface area contributed by atoms with Crippen molar-refractivity contribution in [3.8, 4) is 0 Å². The van der Waals surface area contributed by atoms with Crippen LogP contribution in [0.3, 0.4) is 0 Å². The Morgan fingerprint density at radius 3 is 2.67 bits per heavy atom. The number of likely N-dealkylation sites (tertiary alicyclic amines) is 1. The predicted molar refractivity (Wildman–Crippen MR) is 71.4 cm³/mol. The van der Waals surface area contributed by atoms with Gasteiger partial charge in [0.05, 0.1) is 13.2 Å². The third-order valence-electron chi connectivity index (χ3n) is 4.12. The van der Waals surface area contributed by atoms with E-state index in [-0.39, 0.29) is 5.91 Å². The lowest BCUT2D eigenvalue weighted by Gasteiger charge is -2.30. The molecule has 2 aliphatic rings. The summed E-state index contributed by atoms with van der Waals surface area (Å²) >= 11 is 0. The van der Waals surface area contributed by atoms with E-state index in [1.165, 1.54) is 25.7 Å². The van der Waals surface area contributed by atoms with Gasteiger partial charge in [0.15, 0.2) is 0 Å². The molecule has 2 atom stereocenters. The first-order valence-electron chi connectivity index (χ1n) is 7.36. The number of carbonyl (C=O) groups is 1. The maximum Gasteiger partial charge on any atom is 0.236 e. The molecule has 2 unspecified atom stereocenters. The highest BCUT2D eigenvalue weighted by Gasteiger charge is 2.23. The van der Waals surface area contributed by atoms with Crippen LogP contribution in [-0.4, -0.2) is 49.7 Å². The molecule has 0 aromatic rings. The van der Waals surface area contributed by atoms with Gasteiger partial charge in [-0.05, 0) is 25.2 Å². The normalized spacial score (nSPS) is 29.9. The highest BCUT2D eigenvalue weighted by molar-refractivity contribution is 5.78.